The molecule has 2 rings (SSSR count). The lowest BCUT2D eigenvalue weighted by Crippen LogP contribution is -2.43. The second kappa shape index (κ2) is 5.67. The molecule has 1 aliphatic heterocycles. The average Bonchev–Trinajstić information content (AvgIpc) is 2.32. The topological polar surface area (TPSA) is 28.6 Å². The van der Waals surface area contributed by atoms with Crippen molar-refractivity contribution in [2.24, 2.45) is 0 Å². The normalized spacial score (nSPS) is 18.3. The van der Waals surface area contributed by atoms with Crippen molar-refractivity contribution in [2.75, 3.05) is 40.3 Å². The van der Waals surface area contributed by atoms with E-state index in [0.717, 1.165) is 38.3 Å². The maximum atomic E-state index is 6.06. The lowest BCUT2D eigenvalue weighted by Gasteiger charge is -2.32. The quantitative estimate of drug-likeness (QED) is 0.818. The van der Waals surface area contributed by atoms with Crippen molar-refractivity contribution in [1.29, 1.82) is 0 Å². The highest BCUT2D eigenvalue weighted by molar-refractivity contribution is 6.31. The van der Waals surface area contributed by atoms with Crippen molar-refractivity contribution in [2.45, 2.75) is 6.54 Å². The summed E-state index contributed by atoms with van der Waals surface area (Å²) in [6.07, 6.45) is 1.84. The maximum absolute atomic E-state index is 6.06. The molecule has 17 heavy (non-hydrogen) atoms. The van der Waals surface area contributed by atoms with Crippen LogP contribution in [0.15, 0.2) is 12.3 Å². The molecule has 0 amide bonds. The van der Waals surface area contributed by atoms with Gasteiger partial charge in [-0.25, -0.2) is 4.98 Å². The number of hydrogen-bond donors (Lipinski definition) is 0. The van der Waals surface area contributed by atoms with Crippen LogP contribution >= 0.6 is 11.6 Å². The summed E-state index contributed by atoms with van der Waals surface area (Å²) >= 11 is 6.06. The van der Waals surface area contributed by atoms with Crippen LogP contribution in [0.4, 0.5) is 0 Å². The summed E-state index contributed by atoms with van der Waals surface area (Å²) in [4.78, 5) is 8.95. The predicted molar refractivity (Wildman–Crippen MR) is 68.6 cm³/mol. The zero-order chi connectivity index (χ0) is 12.3. The molecule has 1 aliphatic rings. The number of likely N-dealkylation sites (N-methyl/N-ethyl adjacent to an activating group) is 1. The Balaban J connectivity index is 1.97. The van der Waals surface area contributed by atoms with Gasteiger partial charge in [-0.15, -0.1) is 0 Å². The predicted octanol–water partition coefficient (Wildman–Crippen LogP) is 1.49. The van der Waals surface area contributed by atoms with Gasteiger partial charge in [0.2, 0.25) is 5.88 Å². The highest BCUT2D eigenvalue weighted by atomic mass is 35.5. The molecule has 94 valence electrons. The third kappa shape index (κ3) is 3.31. The van der Waals surface area contributed by atoms with E-state index < -0.39 is 0 Å². The van der Waals surface area contributed by atoms with Crippen molar-refractivity contribution < 1.29 is 4.74 Å². The van der Waals surface area contributed by atoms with E-state index in [-0.39, 0.29) is 0 Å². The van der Waals surface area contributed by atoms with Crippen LogP contribution in [0.2, 0.25) is 5.02 Å². The number of ether oxygens (including phenoxy) is 1. The Labute approximate surface area is 107 Å². The Kier molecular flexibility index (Phi) is 4.20. The summed E-state index contributed by atoms with van der Waals surface area (Å²) in [5.74, 6) is 0.494. The summed E-state index contributed by atoms with van der Waals surface area (Å²) in [5.41, 5.74) is 1.14. The fraction of sp³-hybridized carbons (Fsp3) is 0.583. The summed E-state index contributed by atoms with van der Waals surface area (Å²) < 4.78 is 5.04. The van der Waals surface area contributed by atoms with E-state index >= 15 is 0 Å². The van der Waals surface area contributed by atoms with Gasteiger partial charge in [0.15, 0.2) is 0 Å². The first-order chi connectivity index (χ1) is 8.19. The Hall–Kier alpha value is -0.840. The molecule has 0 unspecified atom stereocenters. The molecule has 2 heterocycles. The molecule has 1 saturated heterocycles. The molecule has 0 bridgehead atoms. The minimum absolute atomic E-state index is 0.494. The van der Waals surface area contributed by atoms with Gasteiger partial charge >= 0.3 is 0 Å². The summed E-state index contributed by atoms with van der Waals surface area (Å²) in [5, 5.41) is 0.583. The number of halogens is 1. The van der Waals surface area contributed by atoms with E-state index in [1.165, 1.54) is 0 Å². The molecular formula is C12H18ClN3O. The maximum Gasteiger partial charge on any atom is 0.232 e. The Morgan fingerprint density at radius 2 is 2.06 bits per heavy atom. The fourth-order valence-electron chi connectivity index (χ4n) is 1.97. The van der Waals surface area contributed by atoms with Crippen LogP contribution in [-0.4, -0.2) is 55.1 Å². The molecular weight excluding hydrogens is 238 g/mol. The first kappa shape index (κ1) is 12.6. The lowest BCUT2D eigenvalue weighted by atomic mass is 10.2. The van der Waals surface area contributed by atoms with Crippen molar-refractivity contribution in [3.63, 3.8) is 0 Å². The van der Waals surface area contributed by atoms with E-state index in [4.69, 9.17) is 16.3 Å². The van der Waals surface area contributed by atoms with Gasteiger partial charge in [-0.3, -0.25) is 4.90 Å². The van der Waals surface area contributed by atoms with Crippen molar-refractivity contribution in [3.8, 4) is 5.88 Å². The Morgan fingerprint density at radius 3 is 2.65 bits per heavy atom. The van der Waals surface area contributed by atoms with Crippen molar-refractivity contribution >= 4 is 11.6 Å². The smallest absolute Gasteiger partial charge is 0.232 e. The third-order valence-electron chi connectivity index (χ3n) is 3.06. The third-order valence-corrected chi connectivity index (χ3v) is 3.33. The standard InChI is InChI=1S/C12H18ClN3O/c1-15-3-5-16(6-4-15)9-10-7-11(13)12(17-2)14-8-10/h7-8H,3-6,9H2,1-2H3. The number of piperazine rings is 1. The van der Waals surface area contributed by atoms with Crippen LogP contribution in [0.25, 0.3) is 0 Å². The van der Waals surface area contributed by atoms with Crippen molar-refractivity contribution in [1.82, 2.24) is 14.8 Å². The van der Waals surface area contributed by atoms with E-state index in [1.54, 1.807) is 7.11 Å². The van der Waals surface area contributed by atoms with E-state index in [1.807, 2.05) is 12.3 Å². The van der Waals surface area contributed by atoms with Crippen LogP contribution in [0.5, 0.6) is 5.88 Å². The molecule has 0 saturated carbocycles. The molecule has 0 atom stereocenters. The van der Waals surface area contributed by atoms with Gasteiger partial charge in [0.25, 0.3) is 0 Å². The summed E-state index contributed by atoms with van der Waals surface area (Å²) in [6.45, 7) is 5.35. The van der Waals surface area contributed by atoms with Crippen LogP contribution in [0, 0.1) is 0 Å². The van der Waals surface area contributed by atoms with E-state index in [2.05, 4.69) is 21.8 Å². The van der Waals surface area contributed by atoms with Gasteiger partial charge in [0.05, 0.1) is 7.11 Å². The number of nitrogens with zero attached hydrogens (tertiary/aromatic N) is 3. The zero-order valence-electron chi connectivity index (χ0n) is 10.3. The van der Waals surface area contributed by atoms with E-state index in [9.17, 15) is 0 Å². The van der Waals surface area contributed by atoms with Crippen LogP contribution in [0.1, 0.15) is 5.56 Å². The second-order valence-electron chi connectivity index (χ2n) is 4.41. The largest absolute Gasteiger partial charge is 0.480 e. The highest BCUT2D eigenvalue weighted by Gasteiger charge is 2.14. The molecule has 0 aliphatic carbocycles. The Bertz CT molecular complexity index is 378. The van der Waals surface area contributed by atoms with Crippen LogP contribution < -0.4 is 4.74 Å². The molecule has 1 aromatic rings. The SMILES string of the molecule is COc1ncc(CN2CCN(C)CC2)cc1Cl. The average molecular weight is 256 g/mol. The Morgan fingerprint density at radius 1 is 1.35 bits per heavy atom. The highest BCUT2D eigenvalue weighted by Crippen LogP contribution is 2.22. The van der Waals surface area contributed by atoms with Gasteiger partial charge in [-0.2, -0.15) is 0 Å². The van der Waals surface area contributed by atoms with Crippen LogP contribution in [0.3, 0.4) is 0 Å². The first-order valence-electron chi connectivity index (χ1n) is 5.78. The molecule has 0 radical (unpaired) electrons. The summed E-state index contributed by atoms with van der Waals surface area (Å²) in [6, 6.07) is 1.94. The monoisotopic (exact) mass is 255 g/mol. The molecule has 1 fully saturated rings. The fourth-order valence-corrected chi connectivity index (χ4v) is 2.23. The van der Waals surface area contributed by atoms with Crippen LogP contribution in [-0.2, 0) is 6.54 Å². The molecule has 0 N–H and O–H groups in total. The first-order valence-corrected chi connectivity index (χ1v) is 6.16. The number of methoxy groups -OCH3 is 1. The molecule has 0 aromatic carbocycles. The minimum Gasteiger partial charge on any atom is -0.480 e. The molecule has 4 nitrogen and oxygen atoms in total. The second-order valence-corrected chi connectivity index (χ2v) is 4.82. The molecule has 5 heteroatoms. The van der Waals surface area contributed by atoms with Gasteiger partial charge in [0.1, 0.15) is 5.02 Å². The molecule has 0 spiro atoms. The number of rotatable bonds is 3. The number of aromatic nitrogens is 1. The van der Waals surface area contributed by atoms with Gasteiger partial charge in [-0.05, 0) is 18.7 Å². The lowest BCUT2D eigenvalue weighted by molar-refractivity contribution is 0.148. The number of hydrogen-bond acceptors (Lipinski definition) is 4. The zero-order valence-corrected chi connectivity index (χ0v) is 11.1. The minimum atomic E-state index is 0.494. The molecule has 1 aromatic heterocycles. The van der Waals surface area contributed by atoms with Crippen molar-refractivity contribution in [3.05, 3.63) is 22.8 Å². The summed E-state index contributed by atoms with van der Waals surface area (Å²) in [7, 11) is 3.73. The van der Waals surface area contributed by atoms with Gasteiger partial charge < -0.3 is 9.64 Å². The van der Waals surface area contributed by atoms with Gasteiger partial charge in [0, 0.05) is 38.9 Å². The number of pyridine rings is 1. The van der Waals surface area contributed by atoms with E-state index in [0.29, 0.717) is 10.9 Å². The van der Waals surface area contributed by atoms with Gasteiger partial charge in [-0.1, -0.05) is 11.6 Å².